The number of methoxy groups -OCH3 is 1. The number of aromatic nitrogens is 2. The van der Waals surface area contributed by atoms with Gasteiger partial charge in [0.2, 0.25) is 0 Å². The molecule has 21 heavy (non-hydrogen) atoms. The highest BCUT2D eigenvalue weighted by molar-refractivity contribution is 5.38. The average molecular weight is 287 g/mol. The number of nitrogens with zero attached hydrogens (tertiary/aromatic N) is 2. The number of ether oxygens (including phenoxy) is 1. The van der Waals surface area contributed by atoms with Crippen LogP contribution in [-0.4, -0.2) is 23.4 Å². The van der Waals surface area contributed by atoms with E-state index in [4.69, 9.17) is 4.74 Å². The van der Waals surface area contributed by atoms with Crippen molar-refractivity contribution in [3.63, 3.8) is 0 Å². The Hall–Kier alpha value is -1.81. The molecular formula is C17H25N3O. The van der Waals surface area contributed by atoms with Gasteiger partial charge in [0.1, 0.15) is 5.75 Å². The Bertz CT molecular complexity index is 577. The SMILES string of the molecule is CCCNC(Cc1ccn(C)n1)c1ccc(C)c(OC)c1. The molecule has 0 aliphatic rings. The summed E-state index contributed by atoms with van der Waals surface area (Å²) >= 11 is 0. The zero-order chi connectivity index (χ0) is 15.2. The van der Waals surface area contributed by atoms with Crippen LogP contribution in [0.15, 0.2) is 30.5 Å². The molecule has 2 rings (SSSR count). The summed E-state index contributed by atoms with van der Waals surface area (Å²) in [6.07, 6.45) is 3.98. The Kier molecular flexibility index (Phi) is 5.39. The molecule has 0 bridgehead atoms. The largest absolute Gasteiger partial charge is 0.496 e. The monoisotopic (exact) mass is 287 g/mol. The van der Waals surface area contributed by atoms with Crippen molar-refractivity contribution in [2.75, 3.05) is 13.7 Å². The summed E-state index contributed by atoms with van der Waals surface area (Å²) in [6.45, 7) is 5.24. The average Bonchev–Trinajstić information content (AvgIpc) is 2.89. The topological polar surface area (TPSA) is 39.1 Å². The fourth-order valence-electron chi connectivity index (χ4n) is 2.46. The van der Waals surface area contributed by atoms with E-state index in [-0.39, 0.29) is 6.04 Å². The van der Waals surface area contributed by atoms with Crippen LogP contribution in [0.5, 0.6) is 5.75 Å². The van der Waals surface area contributed by atoms with E-state index in [1.165, 1.54) is 5.56 Å². The van der Waals surface area contributed by atoms with Gasteiger partial charge in [-0.25, -0.2) is 0 Å². The minimum Gasteiger partial charge on any atom is -0.496 e. The molecule has 1 N–H and O–H groups in total. The number of nitrogens with one attached hydrogen (secondary N) is 1. The summed E-state index contributed by atoms with van der Waals surface area (Å²) in [6, 6.07) is 8.76. The fourth-order valence-corrected chi connectivity index (χ4v) is 2.46. The Morgan fingerprint density at radius 1 is 1.33 bits per heavy atom. The van der Waals surface area contributed by atoms with Crippen LogP contribution in [0.3, 0.4) is 0 Å². The van der Waals surface area contributed by atoms with Crippen LogP contribution in [0.25, 0.3) is 0 Å². The van der Waals surface area contributed by atoms with Gasteiger partial charge in [-0.3, -0.25) is 4.68 Å². The van der Waals surface area contributed by atoms with Crippen molar-refractivity contribution < 1.29 is 4.74 Å². The lowest BCUT2D eigenvalue weighted by Gasteiger charge is -2.19. The molecule has 0 amide bonds. The van der Waals surface area contributed by atoms with Crippen LogP contribution in [0.2, 0.25) is 0 Å². The first-order valence-electron chi connectivity index (χ1n) is 7.50. The van der Waals surface area contributed by atoms with E-state index in [1.807, 2.05) is 17.9 Å². The molecule has 2 aromatic rings. The van der Waals surface area contributed by atoms with E-state index in [0.717, 1.165) is 36.4 Å². The molecule has 1 aromatic heterocycles. The van der Waals surface area contributed by atoms with Gasteiger partial charge in [0.15, 0.2) is 0 Å². The highest BCUT2D eigenvalue weighted by Gasteiger charge is 2.14. The molecule has 0 aliphatic carbocycles. The normalized spacial score (nSPS) is 12.4. The van der Waals surface area contributed by atoms with Gasteiger partial charge in [-0.15, -0.1) is 0 Å². The van der Waals surface area contributed by atoms with Gasteiger partial charge in [-0.2, -0.15) is 5.10 Å². The maximum atomic E-state index is 5.45. The minimum atomic E-state index is 0.259. The molecule has 4 heteroatoms. The smallest absolute Gasteiger partial charge is 0.122 e. The fraction of sp³-hybridized carbons (Fsp3) is 0.471. The van der Waals surface area contributed by atoms with Gasteiger partial charge in [-0.1, -0.05) is 19.1 Å². The van der Waals surface area contributed by atoms with Gasteiger partial charge in [0.05, 0.1) is 12.8 Å². The predicted molar refractivity (Wildman–Crippen MR) is 85.7 cm³/mol. The standard InChI is InChI=1S/C17H25N3O/c1-5-9-18-16(12-15-8-10-20(3)19-15)14-7-6-13(2)17(11-14)21-4/h6-8,10-11,16,18H,5,9,12H2,1-4H3. The quantitative estimate of drug-likeness (QED) is 0.851. The van der Waals surface area contributed by atoms with Crippen LogP contribution < -0.4 is 10.1 Å². The molecule has 1 heterocycles. The van der Waals surface area contributed by atoms with E-state index >= 15 is 0 Å². The number of aryl methyl sites for hydroxylation is 2. The molecule has 0 saturated heterocycles. The maximum absolute atomic E-state index is 5.45. The number of rotatable bonds is 7. The second-order valence-corrected chi connectivity index (χ2v) is 5.42. The first-order valence-corrected chi connectivity index (χ1v) is 7.50. The van der Waals surface area contributed by atoms with Crippen LogP contribution >= 0.6 is 0 Å². The molecule has 0 radical (unpaired) electrons. The van der Waals surface area contributed by atoms with Crippen molar-refractivity contribution in [1.29, 1.82) is 0 Å². The second kappa shape index (κ2) is 7.27. The van der Waals surface area contributed by atoms with Crippen molar-refractivity contribution in [2.24, 2.45) is 7.05 Å². The van der Waals surface area contributed by atoms with Crippen molar-refractivity contribution in [2.45, 2.75) is 32.7 Å². The zero-order valence-corrected chi connectivity index (χ0v) is 13.4. The third-order valence-electron chi connectivity index (χ3n) is 3.66. The Balaban J connectivity index is 2.22. The summed E-state index contributed by atoms with van der Waals surface area (Å²) in [5.74, 6) is 0.941. The Labute approximate surface area is 127 Å². The van der Waals surface area contributed by atoms with Crippen LogP contribution in [-0.2, 0) is 13.5 Å². The highest BCUT2D eigenvalue weighted by Crippen LogP contribution is 2.25. The Morgan fingerprint density at radius 2 is 2.14 bits per heavy atom. The molecule has 1 atom stereocenters. The Morgan fingerprint density at radius 3 is 2.76 bits per heavy atom. The predicted octanol–water partition coefficient (Wildman–Crippen LogP) is 3.02. The van der Waals surface area contributed by atoms with Crippen LogP contribution in [0.4, 0.5) is 0 Å². The number of hydrogen-bond acceptors (Lipinski definition) is 3. The third kappa shape index (κ3) is 4.08. The number of benzene rings is 1. The van der Waals surface area contributed by atoms with Gasteiger partial charge in [0, 0.05) is 25.7 Å². The van der Waals surface area contributed by atoms with E-state index < -0.39 is 0 Å². The van der Waals surface area contributed by atoms with Crippen molar-refractivity contribution >= 4 is 0 Å². The van der Waals surface area contributed by atoms with Crippen LogP contribution in [0.1, 0.15) is 36.2 Å². The first kappa shape index (κ1) is 15.6. The van der Waals surface area contributed by atoms with E-state index in [1.54, 1.807) is 7.11 Å². The minimum absolute atomic E-state index is 0.259. The molecule has 0 fully saturated rings. The summed E-state index contributed by atoms with van der Waals surface area (Å²) in [5.41, 5.74) is 3.51. The van der Waals surface area contributed by atoms with Crippen LogP contribution in [0, 0.1) is 6.92 Å². The molecular weight excluding hydrogens is 262 g/mol. The van der Waals surface area contributed by atoms with Gasteiger partial charge in [-0.05, 0) is 43.1 Å². The number of hydrogen-bond donors (Lipinski definition) is 1. The zero-order valence-electron chi connectivity index (χ0n) is 13.4. The van der Waals surface area contributed by atoms with Crippen molar-refractivity contribution in [1.82, 2.24) is 15.1 Å². The summed E-state index contributed by atoms with van der Waals surface area (Å²) in [5, 5.41) is 8.10. The van der Waals surface area contributed by atoms with E-state index in [9.17, 15) is 0 Å². The molecule has 4 nitrogen and oxygen atoms in total. The molecule has 1 unspecified atom stereocenters. The van der Waals surface area contributed by atoms with E-state index in [0.29, 0.717) is 0 Å². The van der Waals surface area contributed by atoms with Gasteiger partial charge in [0.25, 0.3) is 0 Å². The van der Waals surface area contributed by atoms with Crippen molar-refractivity contribution in [3.8, 4) is 5.75 Å². The lowest BCUT2D eigenvalue weighted by atomic mass is 10.00. The lowest BCUT2D eigenvalue weighted by molar-refractivity contribution is 0.409. The molecule has 114 valence electrons. The summed E-state index contributed by atoms with van der Waals surface area (Å²) in [7, 11) is 3.67. The first-order chi connectivity index (χ1) is 10.1. The third-order valence-corrected chi connectivity index (χ3v) is 3.66. The van der Waals surface area contributed by atoms with E-state index in [2.05, 4.69) is 48.5 Å². The summed E-state index contributed by atoms with van der Waals surface area (Å²) < 4.78 is 7.30. The van der Waals surface area contributed by atoms with Gasteiger partial charge < -0.3 is 10.1 Å². The summed E-state index contributed by atoms with van der Waals surface area (Å²) in [4.78, 5) is 0. The lowest BCUT2D eigenvalue weighted by Crippen LogP contribution is -2.24. The van der Waals surface area contributed by atoms with Crippen molar-refractivity contribution in [3.05, 3.63) is 47.3 Å². The molecule has 0 aliphatic heterocycles. The highest BCUT2D eigenvalue weighted by atomic mass is 16.5. The molecule has 0 spiro atoms. The molecule has 1 aromatic carbocycles. The maximum Gasteiger partial charge on any atom is 0.122 e. The second-order valence-electron chi connectivity index (χ2n) is 5.42. The van der Waals surface area contributed by atoms with Gasteiger partial charge >= 0.3 is 0 Å². The molecule has 0 saturated carbocycles.